The summed E-state index contributed by atoms with van der Waals surface area (Å²) in [5, 5.41) is 12.7. The minimum absolute atomic E-state index is 0.237. The summed E-state index contributed by atoms with van der Waals surface area (Å²) in [5.41, 5.74) is 1.41. The molecule has 1 saturated heterocycles. The number of anilines is 1. The molecule has 2 unspecified atom stereocenters. The van der Waals surface area contributed by atoms with Crippen LogP contribution in [-0.4, -0.2) is 25.4 Å². The van der Waals surface area contributed by atoms with Gasteiger partial charge in [0.05, 0.1) is 30.6 Å². The largest absolute Gasteiger partial charge is 0.495 e. The van der Waals surface area contributed by atoms with Crippen molar-refractivity contribution in [3.8, 4) is 11.8 Å². The molecule has 1 heterocycles. The molecule has 102 valence electrons. The molecular formula is C15H20N2O2. The summed E-state index contributed by atoms with van der Waals surface area (Å²) in [5.74, 6) is 0.714. The van der Waals surface area contributed by atoms with Gasteiger partial charge >= 0.3 is 0 Å². The molecule has 4 nitrogen and oxygen atoms in total. The molecule has 0 aliphatic carbocycles. The van der Waals surface area contributed by atoms with Crippen LogP contribution < -0.4 is 10.1 Å². The Morgan fingerprint density at radius 2 is 2.00 bits per heavy atom. The van der Waals surface area contributed by atoms with Crippen LogP contribution in [0.1, 0.15) is 32.3 Å². The summed E-state index contributed by atoms with van der Waals surface area (Å²) in [7, 11) is 1.62. The first kappa shape index (κ1) is 13.7. The molecule has 1 aromatic rings. The van der Waals surface area contributed by atoms with Crippen molar-refractivity contribution >= 4 is 5.69 Å². The number of rotatable bonds is 3. The number of nitriles is 1. The van der Waals surface area contributed by atoms with Crippen LogP contribution in [0.4, 0.5) is 5.69 Å². The van der Waals surface area contributed by atoms with E-state index in [1.165, 1.54) is 0 Å². The lowest BCUT2D eigenvalue weighted by Crippen LogP contribution is -2.37. The highest BCUT2D eigenvalue weighted by Gasteiger charge is 2.25. The van der Waals surface area contributed by atoms with Gasteiger partial charge in [-0.3, -0.25) is 0 Å². The van der Waals surface area contributed by atoms with Crippen LogP contribution in [-0.2, 0) is 4.74 Å². The van der Waals surface area contributed by atoms with Gasteiger partial charge in [0.15, 0.2) is 0 Å². The summed E-state index contributed by atoms with van der Waals surface area (Å²) < 4.78 is 11.1. The molecule has 1 aliphatic heterocycles. The zero-order chi connectivity index (χ0) is 13.8. The Morgan fingerprint density at radius 1 is 1.32 bits per heavy atom. The van der Waals surface area contributed by atoms with E-state index in [1.54, 1.807) is 13.2 Å². The normalized spacial score (nSPS) is 26.5. The molecule has 2 rings (SSSR count). The number of benzene rings is 1. The molecule has 1 fully saturated rings. The number of para-hydroxylation sites is 1. The molecule has 19 heavy (non-hydrogen) atoms. The van der Waals surface area contributed by atoms with E-state index >= 15 is 0 Å². The van der Waals surface area contributed by atoms with Crippen molar-refractivity contribution in [1.29, 1.82) is 5.26 Å². The van der Waals surface area contributed by atoms with Crippen LogP contribution in [0.5, 0.6) is 5.75 Å². The maximum atomic E-state index is 9.20. The highest BCUT2D eigenvalue weighted by molar-refractivity contribution is 5.66. The zero-order valence-corrected chi connectivity index (χ0v) is 11.6. The number of hydrogen-bond acceptors (Lipinski definition) is 4. The minimum atomic E-state index is 0.237. The number of nitrogens with one attached hydrogen (secondary N) is 1. The molecule has 0 bridgehead atoms. The van der Waals surface area contributed by atoms with Crippen LogP contribution in [0.15, 0.2) is 18.2 Å². The minimum Gasteiger partial charge on any atom is -0.495 e. The highest BCUT2D eigenvalue weighted by atomic mass is 16.5. The third-order valence-electron chi connectivity index (χ3n) is 3.41. The molecule has 2 atom stereocenters. The van der Waals surface area contributed by atoms with Crippen molar-refractivity contribution < 1.29 is 9.47 Å². The molecule has 4 heteroatoms. The van der Waals surface area contributed by atoms with Gasteiger partial charge in [0.1, 0.15) is 11.8 Å². The molecule has 1 aromatic carbocycles. The number of methoxy groups -OCH3 is 1. The standard InChI is InChI=1S/C15H20N2O2/c1-10-7-13(8-11(2)19-10)17-15-12(9-16)5-4-6-14(15)18-3/h4-6,10-11,13,17H,7-8H2,1-3H3. The SMILES string of the molecule is COc1cccc(C#N)c1NC1CC(C)OC(C)C1. The van der Waals surface area contributed by atoms with E-state index in [0.29, 0.717) is 17.4 Å². The quantitative estimate of drug-likeness (QED) is 0.907. The van der Waals surface area contributed by atoms with Gasteiger partial charge in [-0.05, 0) is 38.8 Å². The first-order valence-electron chi connectivity index (χ1n) is 6.63. The van der Waals surface area contributed by atoms with Gasteiger partial charge in [-0.25, -0.2) is 0 Å². The van der Waals surface area contributed by atoms with Gasteiger partial charge in [-0.1, -0.05) is 6.07 Å². The Balaban J connectivity index is 2.20. The van der Waals surface area contributed by atoms with Crippen molar-refractivity contribution in [2.24, 2.45) is 0 Å². The topological polar surface area (TPSA) is 54.3 Å². The Bertz CT molecular complexity index is 472. The van der Waals surface area contributed by atoms with E-state index in [4.69, 9.17) is 9.47 Å². The monoisotopic (exact) mass is 260 g/mol. The molecule has 1 aliphatic rings. The van der Waals surface area contributed by atoms with Crippen LogP contribution >= 0.6 is 0 Å². The molecule has 0 aromatic heterocycles. The van der Waals surface area contributed by atoms with Crippen LogP contribution in [0.25, 0.3) is 0 Å². The van der Waals surface area contributed by atoms with E-state index in [2.05, 4.69) is 25.2 Å². The average Bonchev–Trinajstić information content (AvgIpc) is 2.37. The third kappa shape index (κ3) is 3.18. The third-order valence-corrected chi connectivity index (χ3v) is 3.41. The fourth-order valence-electron chi connectivity index (χ4n) is 2.67. The molecular weight excluding hydrogens is 240 g/mol. The van der Waals surface area contributed by atoms with Crippen LogP contribution in [0.3, 0.4) is 0 Å². The van der Waals surface area contributed by atoms with Gasteiger partial charge in [0.2, 0.25) is 0 Å². The smallest absolute Gasteiger partial charge is 0.143 e. The van der Waals surface area contributed by atoms with Crippen molar-refractivity contribution in [2.45, 2.75) is 44.9 Å². The lowest BCUT2D eigenvalue weighted by atomic mass is 9.99. The highest BCUT2D eigenvalue weighted by Crippen LogP contribution is 2.31. The van der Waals surface area contributed by atoms with E-state index in [-0.39, 0.29) is 12.2 Å². The van der Waals surface area contributed by atoms with Gasteiger partial charge in [-0.2, -0.15) is 5.26 Å². The summed E-state index contributed by atoms with van der Waals surface area (Å²) in [6.45, 7) is 4.16. The number of hydrogen-bond donors (Lipinski definition) is 1. The zero-order valence-electron chi connectivity index (χ0n) is 11.6. The summed E-state index contributed by atoms with van der Waals surface area (Å²) >= 11 is 0. The summed E-state index contributed by atoms with van der Waals surface area (Å²) in [6.07, 6.45) is 2.35. The second-order valence-electron chi connectivity index (χ2n) is 5.06. The molecule has 1 N–H and O–H groups in total. The second-order valence-corrected chi connectivity index (χ2v) is 5.06. The van der Waals surface area contributed by atoms with Crippen molar-refractivity contribution in [3.63, 3.8) is 0 Å². The van der Waals surface area contributed by atoms with Crippen molar-refractivity contribution in [1.82, 2.24) is 0 Å². The molecule has 0 radical (unpaired) electrons. The average molecular weight is 260 g/mol. The lowest BCUT2D eigenvalue weighted by Gasteiger charge is -2.33. The van der Waals surface area contributed by atoms with Crippen molar-refractivity contribution in [3.05, 3.63) is 23.8 Å². The van der Waals surface area contributed by atoms with E-state index in [1.807, 2.05) is 12.1 Å². The van der Waals surface area contributed by atoms with Gasteiger partial charge in [0.25, 0.3) is 0 Å². The van der Waals surface area contributed by atoms with Gasteiger partial charge < -0.3 is 14.8 Å². The number of ether oxygens (including phenoxy) is 2. The Hall–Kier alpha value is -1.73. The maximum absolute atomic E-state index is 9.20. The van der Waals surface area contributed by atoms with Crippen molar-refractivity contribution in [2.75, 3.05) is 12.4 Å². The van der Waals surface area contributed by atoms with Crippen LogP contribution in [0.2, 0.25) is 0 Å². The summed E-state index contributed by atoms with van der Waals surface area (Å²) in [4.78, 5) is 0. The predicted molar refractivity (Wildman–Crippen MR) is 74.4 cm³/mol. The summed E-state index contributed by atoms with van der Waals surface area (Å²) in [6, 6.07) is 8.02. The fraction of sp³-hybridized carbons (Fsp3) is 0.533. The predicted octanol–water partition coefficient (Wildman–Crippen LogP) is 2.93. The fourth-order valence-corrected chi connectivity index (χ4v) is 2.67. The van der Waals surface area contributed by atoms with E-state index in [0.717, 1.165) is 18.5 Å². The van der Waals surface area contributed by atoms with Gasteiger partial charge in [0, 0.05) is 6.04 Å². The first-order chi connectivity index (χ1) is 9.13. The van der Waals surface area contributed by atoms with E-state index in [9.17, 15) is 5.26 Å². The first-order valence-corrected chi connectivity index (χ1v) is 6.63. The molecule has 0 amide bonds. The lowest BCUT2D eigenvalue weighted by molar-refractivity contribution is -0.0338. The van der Waals surface area contributed by atoms with Gasteiger partial charge in [-0.15, -0.1) is 0 Å². The molecule has 0 saturated carbocycles. The molecule has 0 spiro atoms. The Labute approximate surface area is 114 Å². The van der Waals surface area contributed by atoms with E-state index < -0.39 is 0 Å². The number of nitrogens with zero attached hydrogens (tertiary/aromatic N) is 1. The Kier molecular flexibility index (Phi) is 4.28. The van der Waals surface area contributed by atoms with Crippen LogP contribution in [0, 0.1) is 11.3 Å². The second kappa shape index (κ2) is 5.94. The Morgan fingerprint density at radius 3 is 2.58 bits per heavy atom. The maximum Gasteiger partial charge on any atom is 0.143 e.